The van der Waals surface area contributed by atoms with Crippen molar-refractivity contribution in [1.29, 1.82) is 0 Å². The van der Waals surface area contributed by atoms with Crippen molar-refractivity contribution in [2.45, 2.75) is 25.5 Å². The molecule has 1 aliphatic heterocycles. The molecule has 0 saturated carbocycles. The predicted octanol–water partition coefficient (Wildman–Crippen LogP) is 3.94. The van der Waals surface area contributed by atoms with E-state index in [1.54, 1.807) is 32.5 Å². The first-order chi connectivity index (χ1) is 19.5. The second-order valence-electron chi connectivity index (χ2n) is 9.60. The first-order valence-electron chi connectivity index (χ1n) is 13.2. The van der Waals surface area contributed by atoms with Gasteiger partial charge in [-0.3, -0.25) is 0 Å². The number of benzene rings is 2. The lowest BCUT2D eigenvalue weighted by Gasteiger charge is -2.37. The molecule has 1 fully saturated rings. The van der Waals surface area contributed by atoms with Gasteiger partial charge >= 0.3 is 5.69 Å². The molecule has 10 nitrogen and oxygen atoms in total. The van der Waals surface area contributed by atoms with Crippen LogP contribution in [0.1, 0.15) is 24.5 Å². The number of hydrogen-bond donors (Lipinski definition) is 1. The number of nitrogens with zero attached hydrogens (tertiary/aromatic N) is 6. The smallest absolute Gasteiger partial charge is 0.350 e. The molecule has 3 heterocycles. The maximum absolute atomic E-state index is 12.9. The molecule has 2 aromatic carbocycles. The molecule has 11 heteroatoms. The van der Waals surface area contributed by atoms with Crippen LogP contribution in [0.5, 0.6) is 11.5 Å². The van der Waals surface area contributed by atoms with Crippen molar-refractivity contribution in [3.63, 3.8) is 0 Å². The molecule has 40 heavy (non-hydrogen) atoms. The Kier molecular flexibility index (Phi) is 8.57. The van der Waals surface area contributed by atoms with Crippen molar-refractivity contribution in [3.8, 4) is 17.2 Å². The van der Waals surface area contributed by atoms with E-state index in [0.717, 1.165) is 43.2 Å². The lowest BCUT2D eigenvalue weighted by molar-refractivity contribution is 0.162. The number of halogens is 1. The Morgan fingerprint density at radius 2 is 1.62 bits per heavy atom. The normalized spacial score (nSPS) is 14.3. The Balaban J connectivity index is 1.16. The molecule has 1 N–H and O–H groups in total. The number of aliphatic hydroxyl groups is 1. The zero-order valence-corrected chi connectivity index (χ0v) is 23.4. The SMILES string of the molecule is COc1ccc(N2CCN(c3ccc(-n4cnn(CCCC(O)c5ccc(Cl)cc5)c4=O)cn3)CC2)cc1OC. The van der Waals surface area contributed by atoms with Gasteiger partial charge in [0.1, 0.15) is 12.1 Å². The minimum Gasteiger partial charge on any atom is -0.493 e. The summed E-state index contributed by atoms with van der Waals surface area (Å²) < 4.78 is 13.7. The van der Waals surface area contributed by atoms with Crippen LogP contribution >= 0.6 is 11.6 Å². The van der Waals surface area contributed by atoms with E-state index in [1.165, 1.54) is 15.6 Å². The Morgan fingerprint density at radius 1 is 0.925 bits per heavy atom. The second kappa shape index (κ2) is 12.4. The van der Waals surface area contributed by atoms with Gasteiger partial charge in [0, 0.05) is 49.5 Å². The summed E-state index contributed by atoms with van der Waals surface area (Å²) in [6, 6.07) is 16.9. The quantitative estimate of drug-likeness (QED) is 0.309. The fourth-order valence-corrected chi connectivity index (χ4v) is 5.00. The summed E-state index contributed by atoms with van der Waals surface area (Å²) in [6.45, 7) is 3.74. The summed E-state index contributed by atoms with van der Waals surface area (Å²) >= 11 is 5.92. The highest BCUT2D eigenvalue weighted by atomic mass is 35.5. The van der Waals surface area contributed by atoms with Crippen molar-refractivity contribution < 1.29 is 14.6 Å². The van der Waals surface area contributed by atoms with E-state index in [2.05, 4.69) is 19.9 Å². The molecule has 1 saturated heterocycles. The van der Waals surface area contributed by atoms with E-state index in [4.69, 9.17) is 21.1 Å². The van der Waals surface area contributed by atoms with Crippen LogP contribution in [0, 0.1) is 0 Å². The average molecular weight is 565 g/mol. The first-order valence-corrected chi connectivity index (χ1v) is 13.6. The molecule has 1 aliphatic rings. The van der Waals surface area contributed by atoms with Crippen LogP contribution in [0.4, 0.5) is 11.5 Å². The predicted molar refractivity (Wildman–Crippen MR) is 155 cm³/mol. The van der Waals surface area contributed by atoms with Gasteiger partial charge in [0.2, 0.25) is 0 Å². The molecule has 0 aliphatic carbocycles. The maximum atomic E-state index is 12.9. The van der Waals surface area contributed by atoms with Crippen LogP contribution in [0.3, 0.4) is 0 Å². The van der Waals surface area contributed by atoms with Crippen LogP contribution in [-0.2, 0) is 6.54 Å². The number of piperazine rings is 1. The molecule has 4 aromatic rings. The molecule has 210 valence electrons. The number of pyridine rings is 1. The van der Waals surface area contributed by atoms with Crippen LogP contribution < -0.4 is 25.0 Å². The largest absolute Gasteiger partial charge is 0.493 e. The summed E-state index contributed by atoms with van der Waals surface area (Å²) in [5.74, 6) is 2.30. The highest BCUT2D eigenvalue weighted by Gasteiger charge is 2.20. The molecule has 0 amide bonds. The van der Waals surface area contributed by atoms with Gasteiger partial charge in [-0.25, -0.2) is 19.0 Å². The molecule has 0 bridgehead atoms. The summed E-state index contributed by atoms with van der Waals surface area (Å²) in [5.41, 5.74) is 2.32. The number of hydrogen-bond acceptors (Lipinski definition) is 8. The van der Waals surface area contributed by atoms with E-state index in [1.807, 2.05) is 42.5 Å². The van der Waals surface area contributed by atoms with Gasteiger partial charge in [0.25, 0.3) is 0 Å². The van der Waals surface area contributed by atoms with Gasteiger partial charge in [-0.05, 0) is 54.8 Å². The minimum absolute atomic E-state index is 0.237. The Labute approximate surface area is 238 Å². The number of anilines is 2. The number of aryl methyl sites for hydroxylation is 1. The minimum atomic E-state index is -0.618. The molecule has 5 rings (SSSR count). The van der Waals surface area contributed by atoms with Gasteiger partial charge in [0.05, 0.1) is 32.2 Å². The van der Waals surface area contributed by atoms with Crippen molar-refractivity contribution in [2.75, 3.05) is 50.2 Å². The van der Waals surface area contributed by atoms with E-state index in [0.29, 0.717) is 41.6 Å². The van der Waals surface area contributed by atoms with Gasteiger partial charge in [-0.15, -0.1) is 0 Å². The highest BCUT2D eigenvalue weighted by molar-refractivity contribution is 6.30. The Bertz CT molecular complexity index is 1460. The molecule has 0 spiro atoms. The van der Waals surface area contributed by atoms with E-state index in [-0.39, 0.29) is 5.69 Å². The van der Waals surface area contributed by atoms with E-state index >= 15 is 0 Å². The summed E-state index contributed by atoms with van der Waals surface area (Å²) in [4.78, 5) is 22.1. The number of ether oxygens (including phenoxy) is 2. The number of aliphatic hydroxyl groups excluding tert-OH is 1. The van der Waals surface area contributed by atoms with Crippen molar-refractivity contribution in [3.05, 3.63) is 88.2 Å². The molecule has 1 unspecified atom stereocenters. The van der Waals surface area contributed by atoms with Crippen LogP contribution in [0.25, 0.3) is 5.69 Å². The Morgan fingerprint density at radius 3 is 2.30 bits per heavy atom. The van der Waals surface area contributed by atoms with Gasteiger partial charge < -0.3 is 24.4 Å². The van der Waals surface area contributed by atoms with Crippen molar-refractivity contribution in [1.82, 2.24) is 19.3 Å². The van der Waals surface area contributed by atoms with Gasteiger partial charge in [-0.1, -0.05) is 23.7 Å². The lowest BCUT2D eigenvalue weighted by atomic mass is 10.1. The zero-order valence-electron chi connectivity index (χ0n) is 22.6. The standard InChI is InChI=1S/C29H33ClN6O4/c1-39-26-11-9-23(18-27(26)40-2)33-14-16-34(17-15-33)28-12-10-24(19-31-28)35-20-32-36(29(35)38)13-3-4-25(37)21-5-7-22(30)8-6-21/h5-12,18-20,25,37H,3-4,13-17H2,1-2H3. The lowest BCUT2D eigenvalue weighted by Crippen LogP contribution is -2.46. The van der Waals surface area contributed by atoms with Gasteiger partial charge in [0.15, 0.2) is 11.5 Å². The number of methoxy groups -OCH3 is 2. The van der Waals surface area contributed by atoms with Crippen molar-refractivity contribution >= 4 is 23.1 Å². The van der Waals surface area contributed by atoms with Crippen LogP contribution in [-0.4, -0.2) is 64.8 Å². The highest BCUT2D eigenvalue weighted by Crippen LogP contribution is 2.32. The first kappa shape index (κ1) is 27.5. The fourth-order valence-electron chi connectivity index (χ4n) is 4.88. The van der Waals surface area contributed by atoms with Gasteiger partial charge in [-0.2, -0.15) is 5.10 Å². The number of aromatic nitrogens is 4. The van der Waals surface area contributed by atoms with Crippen LogP contribution in [0.2, 0.25) is 5.02 Å². The molecular weight excluding hydrogens is 532 g/mol. The van der Waals surface area contributed by atoms with Crippen LogP contribution in [0.15, 0.2) is 71.9 Å². The molecule has 0 radical (unpaired) electrons. The zero-order chi connectivity index (χ0) is 28.1. The second-order valence-corrected chi connectivity index (χ2v) is 10.0. The van der Waals surface area contributed by atoms with E-state index < -0.39 is 6.10 Å². The summed E-state index contributed by atoms with van der Waals surface area (Å²) in [6.07, 6.45) is 3.71. The Hall–Kier alpha value is -4.02. The third kappa shape index (κ3) is 6.08. The monoisotopic (exact) mass is 564 g/mol. The third-order valence-corrected chi connectivity index (χ3v) is 7.43. The summed E-state index contributed by atoms with van der Waals surface area (Å²) in [7, 11) is 3.28. The molecular formula is C29H33ClN6O4. The third-order valence-electron chi connectivity index (χ3n) is 7.18. The maximum Gasteiger partial charge on any atom is 0.350 e. The topological polar surface area (TPSA) is 97.9 Å². The average Bonchev–Trinajstić information content (AvgIpc) is 3.37. The number of rotatable bonds is 10. The molecule has 2 aromatic heterocycles. The van der Waals surface area contributed by atoms with E-state index in [9.17, 15) is 9.90 Å². The fraction of sp³-hybridized carbons (Fsp3) is 0.345. The summed E-state index contributed by atoms with van der Waals surface area (Å²) in [5, 5.41) is 15.3. The molecule has 1 atom stereocenters. The van der Waals surface area contributed by atoms with Crippen molar-refractivity contribution in [2.24, 2.45) is 0 Å².